The number of nitrogens with one attached hydrogen (secondary N) is 1. The zero-order valence-electron chi connectivity index (χ0n) is 14.5. The molecule has 1 atom stereocenters. The molecule has 0 aromatic rings. The minimum Gasteiger partial charge on any atom is -0.447 e. The monoisotopic (exact) mass is 339 g/mol. The molecule has 0 aliphatic carbocycles. The molecule has 2 aliphatic heterocycles. The second-order valence-electron chi connectivity index (χ2n) is 6.61. The molecular weight excluding hydrogens is 310 g/mol. The van der Waals surface area contributed by atoms with E-state index in [0.29, 0.717) is 25.9 Å². The molecule has 0 aromatic carbocycles. The highest BCUT2D eigenvalue weighted by Gasteiger charge is 2.35. The number of unbranched alkanes of at least 4 members (excludes halogenated alkanes) is 2. The van der Waals surface area contributed by atoms with Gasteiger partial charge in [-0.25, -0.2) is 14.5 Å². The number of ether oxygens (including phenoxy) is 1. The Kier molecular flexibility index (Phi) is 6.62. The third-order valence-corrected chi connectivity index (χ3v) is 4.87. The number of urea groups is 1. The molecule has 3 amide bonds. The summed E-state index contributed by atoms with van der Waals surface area (Å²) >= 11 is 0. The van der Waals surface area contributed by atoms with Crippen molar-refractivity contribution in [3.8, 4) is 0 Å². The summed E-state index contributed by atoms with van der Waals surface area (Å²) in [6, 6.07) is -0.466. The molecule has 7 heteroatoms. The van der Waals surface area contributed by atoms with Gasteiger partial charge in [0.25, 0.3) is 0 Å². The van der Waals surface area contributed by atoms with Crippen molar-refractivity contribution < 1.29 is 19.4 Å². The van der Waals surface area contributed by atoms with Gasteiger partial charge in [-0.3, -0.25) is 4.90 Å². The normalized spacial score (nSPS) is 22.1. The van der Waals surface area contributed by atoms with E-state index in [1.807, 2.05) is 0 Å². The zero-order valence-corrected chi connectivity index (χ0v) is 14.5. The molecule has 2 saturated heterocycles. The SMILES string of the molecule is C=CC(NC(=O)N1CCOC1=O)N1CCC(O)(CCCCC)CC1. The van der Waals surface area contributed by atoms with Crippen LogP contribution in [0.25, 0.3) is 0 Å². The molecule has 24 heavy (non-hydrogen) atoms. The van der Waals surface area contributed by atoms with Gasteiger partial charge < -0.3 is 15.2 Å². The van der Waals surface area contributed by atoms with Crippen LogP contribution in [-0.2, 0) is 4.74 Å². The molecule has 1 unspecified atom stereocenters. The summed E-state index contributed by atoms with van der Waals surface area (Å²) in [5.74, 6) is 0. The van der Waals surface area contributed by atoms with Crippen LogP contribution in [0.1, 0.15) is 45.4 Å². The number of hydrogen-bond donors (Lipinski definition) is 2. The van der Waals surface area contributed by atoms with E-state index in [2.05, 4.69) is 23.7 Å². The van der Waals surface area contributed by atoms with Gasteiger partial charge in [-0.2, -0.15) is 0 Å². The second kappa shape index (κ2) is 8.48. The van der Waals surface area contributed by atoms with Crippen LogP contribution < -0.4 is 5.32 Å². The smallest absolute Gasteiger partial charge is 0.418 e. The first-order valence-corrected chi connectivity index (χ1v) is 8.83. The lowest BCUT2D eigenvalue weighted by Crippen LogP contribution is -2.55. The summed E-state index contributed by atoms with van der Waals surface area (Å²) in [5.41, 5.74) is -0.597. The zero-order chi connectivity index (χ0) is 17.6. The van der Waals surface area contributed by atoms with Gasteiger partial charge in [-0.05, 0) is 19.3 Å². The van der Waals surface area contributed by atoms with Gasteiger partial charge in [0.05, 0.1) is 12.1 Å². The number of nitrogens with zero attached hydrogens (tertiary/aromatic N) is 2. The maximum Gasteiger partial charge on any atom is 0.418 e. The first-order chi connectivity index (χ1) is 11.5. The average molecular weight is 339 g/mol. The number of carbonyl (C=O) groups excluding carboxylic acids is 2. The Hall–Kier alpha value is -1.60. The predicted octanol–water partition coefficient (Wildman–Crippen LogP) is 2.07. The van der Waals surface area contributed by atoms with Gasteiger partial charge in [0.1, 0.15) is 12.8 Å². The van der Waals surface area contributed by atoms with E-state index >= 15 is 0 Å². The molecule has 2 fully saturated rings. The Morgan fingerprint density at radius 1 is 1.42 bits per heavy atom. The quantitative estimate of drug-likeness (QED) is 0.548. The van der Waals surface area contributed by atoms with Crippen LogP contribution in [0.4, 0.5) is 9.59 Å². The molecule has 2 heterocycles. The molecule has 136 valence electrons. The van der Waals surface area contributed by atoms with E-state index in [1.165, 1.54) is 0 Å². The largest absolute Gasteiger partial charge is 0.447 e. The van der Waals surface area contributed by atoms with Crippen LogP contribution in [0.3, 0.4) is 0 Å². The second-order valence-corrected chi connectivity index (χ2v) is 6.61. The predicted molar refractivity (Wildman–Crippen MR) is 90.5 cm³/mol. The maximum atomic E-state index is 12.2. The Bertz CT molecular complexity index is 461. The number of likely N-dealkylation sites (tertiary alicyclic amines) is 1. The van der Waals surface area contributed by atoms with Crippen LogP contribution in [0.15, 0.2) is 12.7 Å². The van der Waals surface area contributed by atoms with E-state index in [0.717, 1.165) is 30.6 Å². The standard InChI is InChI=1S/C17H29N3O4/c1-3-5-6-7-17(23)8-10-19(11-9-17)14(4-2)18-15(21)20-12-13-24-16(20)22/h4,14,23H,2-3,5-13H2,1H3,(H,18,21). The van der Waals surface area contributed by atoms with Crippen molar-refractivity contribution in [3.05, 3.63) is 12.7 Å². The minimum absolute atomic E-state index is 0.236. The number of cyclic esters (lactones) is 1. The van der Waals surface area contributed by atoms with Crippen molar-refractivity contribution in [2.45, 2.75) is 57.2 Å². The summed E-state index contributed by atoms with van der Waals surface area (Å²) in [5, 5.41) is 13.5. The molecule has 2 rings (SSSR count). The van der Waals surface area contributed by atoms with E-state index in [-0.39, 0.29) is 19.3 Å². The van der Waals surface area contributed by atoms with Crippen molar-refractivity contribution in [1.29, 1.82) is 0 Å². The van der Waals surface area contributed by atoms with Crippen molar-refractivity contribution in [2.75, 3.05) is 26.2 Å². The van der Waals surface area contributed by atoms with Crippen molar-refractivity contribution in [2.24, 2.45) is 0 Å². The highest BCUT2D eigenvalue weighted by molar-refractivity contribution is 5.92. The van der Waals surface area contributed by atoms with E-state index in [4.69, 9.17) is 4.74 Å². The maximum absolute atomic E-state index is 12.2. The van der Waals surface area contributed by atoms with Crippen LogP contribution >= 0.6 is 0 Å². The van der Waals surface area contributed by atoms with Gasteiger partial charge >= 0.3 is 12.1 Å². The summed E-state index contributed by atoms with van der Waals surface area (Å²) in [4.78, 5) is 26.7. The average Bonchev–Trinajstić information content (AvgIpc) is 3.00. The summed E-state index contributed by atoms with van der Waals surface area (Å²) in [6.45, 7) is 7.81. The van der Waals surface area contributed by atoms with Crippen molar-refractivity contribution in [1.82, 2.24) is 15.1 Å². The number of carbonyl (C=O) groups is 2. The fourth-order valence-corrected chi connectivity index (χ4v) is 3.25. The molecular formula is C17H29N3O4. The third kappa shape index (κ3) is 4.70. The summed E-state index contributed by atoms with van der Waals surface area (Å²) in [6.07, 6.45) is 6.22. The van der Waals surface area contributed by atoms with Crippen LogP contribution in [-0.4, -0.2) is 65.0 Å². The van der Waals surface area contributed by atoms with Gasteiger partial charge in [0.2, 0.25) is 0 Å². The van der Waals surface area contributed by atoms with Crippen LogP contribution in [0, 0.1) is 0 Å². The first kappa shape index (κ1) is 18.7. The van der Waals surface area contributed by atoms with E-state index in [9.17, 15) is 14.7 Å². The van der Waals surface area contributed by atoms with Gasteiger partial charge in [-0.1, -0.05) is 38.8 Å². The number of imide groups is 1. The van der Waals surface area contributed by atoms with E-state index < -0.39 is 17.7 Å². The number of aliphatic hydroxyl groups is 1. The van der Waals surface area contributed by atoms with Crippen LogP contribution in [0.5, 0.6) is 0 Å². The lowest BCUT2D eigenvalue weighted by Gasteiger charge is -2.41. The fraction of sp³-hybridized carbons (Fsp3) is 0.765. The highest BCUT2D eigenvalue weighted by atomic mass is 16.6. The lowest BCUT2D eigenvalue weighted by atomic mass is 9.86. The fourth-order valence-electron chi connectivity index (χ4n) is 3.25. The Morgan fingerprint density at radius 2 is 2.12 bits per heavy atom. The molecule has 7 nitrogen and oxygen atoms in total. The number of piperidine rings is 1. The summed E-state index contributed by atoms with van der Waals surface area (Å²) in [7, 11) is 0. The third-order valence-electron chi connectivity index (χ3n) is 4.87. The van der Waals surface area contributed by atoms with Gasteiger partial charge in [-0.15, -0.1) is 0 Å². The van der Waals surface area contributed by atoms with Crippen molar-refractivity contribution in [3.63, 3.8) is 0 Å². The highest BCUT2D eigenvalue weighted by Crippen LogP contribution is 2.28. The van der Waals surface area contributed by atoms with Gasteiger partial charge in [0.15, 0.2) is 0 Å². The molecule has 0 spiro atoms. The number of hydrogen-bond acceptors (Lipinski definition) is 5. The van der Waals surface area contributed by atoms with Crippen LogP contribution in [0.2, 0.25) is 0 Å². The lowest BCUT2D eigenvalue weighted by molar-refractivity contribution is -0.0361. The molecule has 2 N–H and O–H groups in total. The van der Waals surface area contributed by atoms with Gasteiger partial charge in [0, 0.05) is 13.1 Å². The number of amides is 3. The van der Waals surface area contributed by atoms with E-state index in [1.54, 1.807) is 6.08 Å². The Morgan fingerprint density at radius 3 is 2.67 bits per heavy atom. The molecule has 0 radical (unpaired) electrons. The molecule has 0 bridgehead atoms. The van der Waals surface area contributed by atoms with Crippen molar-refractivity contribution >= 4 is 12.1 Å². The molecule has 0 aromatic heterocycles. The molecule has 2 aliphatic rings. The molecule has 0 saturated carbocycles. The number of rotatable bonds is 7. The Balaban J connectivity index is 1.83. The first-order valence-electron chi connectivity index (χ1n) is 8.83. The Labute approximate surface area is 143 Å². The summed E-state index contributed by atoms with van der Waals surface area (Å²) < 4.78 is 4.77. The topological polar surface area (TPSA) is 82.1 Å². The minimum atomic E-state index is -0.612.